The fourth-order valence-corrected chi connectivity index (χ4v) is 2.95. The Bertz CT molecular complexity index is 515. The van der Waals surface area contributed by atoms with E-state index in [4.69, 9.17) is 5.73 Å². The van der Waals surface area contributed by atoms with Gasteiger partial charge in [-0.1, -0.05) is 13.0 Å². The van der Waals surface area contributed by atoms with Crippen LogP contribution < -0.4 is 11.1 Å². The lowest BCUT2D eigenvalue weighted by molar-refractivity contribution is -0.119. The molecule has 1 aromatic rings. The van der Waals surface area contributed by atoms with E-state index < -0.39 is 0 Å². The molecule has 21 heavy (non-hydrogen) atoms. The molecule has 114 valence electrons. The molecule has 1 atom stereocenters. The van der Waals surface area contributed by atoms with Gasteiger partial charge in [0.1, 0.15) is 0 Å². The third-order valence-corrected chi connectivity index (χ3v) is 4.42. The van der Waals surface area contributed by atoms with E-state index in [2.05, 4.69) is 5.32 Å². The fraction of sp³-hybridized carbons (Fsp3) is 0.467. The molecule has 1 aromatic carbocycles. The summed E-state index contributed by atoms with van der Waals surface area (Å²) in [5.41, 5.74) is 6.73. The Kier molecular flexibility index (Phi) is 5.64. The van der Waals surface area contributed by atoms with Gasteiger partial charge in [0.15, 0.2) is 0 Å². The van der Waals surface area contributed by atoms with Crippen LogP contribution in [-0.4, -0.2) is 47.9 Å². The molecular weight excluding hydrogens is 286 g/mol. The largest absolute Gasteiger partial charge is 0.337 e. The Hall–Kier alpha value is -1.53. The summed E-state index contributed by atoms with van der Waals surface area (Å²) in [6, 6.07) is 7.08. The topological polar surface area (TPSA) is 75.4 Å². The van der Waals surface area contributed by atoms with Crippen LogP contribution in [0.3, 0.4) is 0 Å². The number of thioether (sulfide) groups is 1. The lowest BCUT2D eigenvalue weighted by atomic mass is 10.1. The number of hydrogen-bond acceptors (Lipinski definition) is 4. The van der Waals surface area contributed by atoms with Gasteiger partial charge < -0.3 is 16.0 Å². The number of carbonyl (C=O) groups excluding carboxylic acids is 2. The zero-order valence-corrected chi connectivity index (χ0v) is 13.0. The molecule has 5 nitrogen and oxygen atoms in total. The first-order valence-corrected chi connectivity index (χ1v) is 8.25. The lowest BCUT2D eigenvalue weighted by Crippen LogP contribution is -2.37. The van der Waals surface area contributed by atoms with Crippen molar-refractivity contribution >= 4 is 29.3 Å². The van der Waals surface area contributed by atoms with E-state index in [0.29, 0.717) is 17.8 Å². The maximum Gasteiger partial charge on any atom is 0.253 e. The monoisotopic (exact) mass is 307 g/mol. The predicted octanol–water partition coefficient (Wildman–Crippen LogP) is 1.41. The van der Waals surface area contributed by atoms with Gasteiger partial charge in [0.05, 0.1) is 0 Å². The number of amides is 2. The van der Waals surface area contributed by atoms with Crippen LogP contribution in [0.2, 0.25) is 0 Å². The van der Waals surface area contributed by atoms with Gasteiger partial charge in [0.25, 0.3) is 5.91 Å². The number of hydrogen-bond donors (Lipinski definition) is 2. The van der Waals surface area contributed by atoms with Gasteiger partial charge in [-0.25, -0.2) is 0 Å². The zero-order chi connectivity index (χ0) is 15.2. The third-order valence-electron chi connectivity index (χ3n) is 3.48. The van der Waals surface area contributed by atoms with Crippen molar-refractivity contribution in [1.29, 1.82) is 0 Å². The van der Waals surface area contributed by atoms with Gasteiger partial charge >= 0.3 is 0 Å². The van der Waals surface area contributed by atoms with Crippen LogP contribution in [0.1, 0.15) is 17.3 Å². The van der Waals surface area contributed by atoms with E-state index in [-0.39, 0.29) is 17.7 Å². The van der Waals surface area contributed by atoms with Crippen LogP contribution in [0.15, 0.2) is 24.3 Å². The summed E-state index contributed by atoms with van der Waals surface area (Å²) in [4.78, 5) is 26.1. The molecule has 0 saturated carbocycles. The van der Waals surface area contributed by atoms with E-state index in [1.165, 1.54) is 0 Å². The highest BCUT2D eigenvalue weighted by molar-refractivity contribution is 7.99. The first-order valence-electron chi connectivity index (χ1n) is 7.10. The Morgan fingerprint density at radius 2 is 2.10 bits per heavy atom. The van der Waals surface area contributed by atoms with E-state index >= 15 is 0 Å². The SMILES string of the molecule is CC(CN)C(=O)Nc1cccc(C(=O)N2CCSCC2)c1. The molecule has 0 spiro atoms. The van der Waals surface area contributed by atoms with Crippen molar-refractivity contribution in [1.82, 2.24) is 4.90 Å². The summed E-state index contributed by atoms with van der Waals surface area (Å²) in [6.07, 6.45) is 0. The summed E-state index contributed by atoms with van der Waals surface area (Å²) < 4.78 is 0. The standard InChI is InChI=1S/C15H21N3O2S/c1-11(10-16)14(19)17-13-4-2-3-12(9-13)15(20)18-5-7-21-8-6-18/h2-4,9,11H,5-8,10,16H2,1H3,(H,17,19). The van der Waals surface area contributed by atoms with Crippen LogP contribution >= 0.6 is 11.8 Å². The van der Waals surface area contributed by atoms with Gasteiger partial charge in [-0.3, -0.25) is 9.59 Å². The van der Waals surface area contributed by atoms with Crippen molar-refractivity contribution in [3.8, 4) is 0 Å². The van der Waals surface area contributed by atoms with Crippen LogP contribution in [0, 0.1) is 5.92 Å². The third kappa shape index (κ3) is 4.22. The Balaban J connectivity index is 2.06. The van der Waals surface area contributed by atoms with Crippen molar-refractivity contribution in [2.45, 2.75) is 6.92 Å². The number of benzene rings is 1. The average Bonchev–Trinajstić information content (AvgIpc) is 2.54. The first-order chi connectivity index (χ1) is 10.1. The molecule has 0 aliphatic carbocycles. The van der Waals surface area contributed by atoms with E-state index in [9.17, 15) is 9.59 Å². The smallest absolute Gasteiger partial charge is 0.253 e. The minimum absolute atomic E-state index is 0.0262. The molecule has 1 saturated heterocycles. The van der Waals surface area contributed by atoms with Gasteiger partial charge in [-0.2, -0.15) is 11.8 Å². The molecule has 0 radical (unpaired) electrons. The number of anilines is 1. The summed E-state index contributed by atoms with van der Waals surface area (Å²) in [5, 5.41) is 2.80. The molecule has 2 amide bonds. The average molecular weight is 307 g/mol. The second kappa shape index (κ2) is 7.47. The molecule has 2 rings (SSSR count). The maximum atomic E-state index is 12.4. The Morgan fingerprint density at radius 1 is 1.38 bits per heavy atom. The van der Waals surface area contributed by atoms with Crippen molar-refractivity contribution in [2.75, 3.05) is 36.5 Å². The van der Waals surface area contributed by atoms with Crippen LogP contribution in [0.4, 0.5) is 5.69 Å². The lowest BCUT2D eigenvalue weighted by Gasteiger charge is -2.26. The fourth-order valence-electron chi connectivity index (χ4n) is 2.05. The highest BCUT2D eigenvalue weighted by atomic mass is 32.2. The molecular formula is C15H21N3O2S. The number of rotatable bonds is 4. The van der Waals surface area contributed by atoms with Gasteiger partial charge in [0, 0.05) is 48.3 Å². The van der Waals surface area contributed by atoms with Gasteiger partial charge in [-0.15, -0.1) is 0 Å². The van der Waals surface area contributed by atoms with E-state index in [1.807, 2.05) is 16.7 Å². The van der Waals surface area contributed by atoms with Gasteiger partial charge in [-0.05, 0) is 18.2 Å². The molecule has 3 N–H and O–H groups in total. The Morgan fingerprint density at radius 3 is 2.76 bits per heavy atom. The molecule has 1 aliphatic rings. The summed E-state index contributed by atoms with van der Waals surface area (Å²) >= 11 is 1.87. The normalized spacial score (nSPS) is 16.4. The van der Waals surface area contributed by atoms with E-state index in [1.54, 1.807) is 31.2 Å². The van der Waals surface area contributed by atoms with Crippen molar-refractivity contribution in [3.05, 3.63) is 29.8 Å². The second-order valence-electron chi connectivity index (χ2n) is 5.11. The number of nitrogens with one attached hydrogen (secondary N) is 1. The van der Waals surface area contributed by atoms with Crippen molar-refractivity contribution in [3.63, 3.8) is 0 Å². The first kappa shape index (κ1) is 15.9. The maximum absolute atomic E-state index is 12.4. The van der Waals surface area contributed by atoms with Crippen LogP contribution in [-0.2, 0) is 4.79 Å². The zero-order valence-electron chi connectivity index (χ0n) is 12.2. The molecule has 0 bridgehead atoms. The van der Waals surface area contributed by atoms with Crippen LogP contribution in [0.25, 0.3) is 0 Å². The van der Waals surface area contributed by atoms with Gasteiger partial charge in [0.2, 0.25) is 5.91 Å². The molecule has 1 heterocycles. The molecule has 0 aromatic heterocycles. The predicted molar refractivity (Wildman–Crippen MR) is 86.5 cm³/mol. The molecule has 6 heteroatoms. The van der Waals surface area contributed by atoms with Crippen molar-refractivity contribution in [2.24, 2.45) is 11.7 Å². The van der Waals surface area contributed by atoms with Crippen molar-refractivity contribution < 1.29 is 9.59 Å². The number of nitrogens with two attached hydrogens (primary N) is 1. The number of nitrogens with zero attached hydrogens (tertiary/aromatic N) is 1. The Labute approximate surface area is 129 Å². The second-order valence-corrected chi connectivity index (χ2v) is 6.34. The quantitative estimate of drug-likeness (QED) is 0.882. The number of carbonyl (C=O) groups is 2. The van der Waals surface area contributed by atoms with Crippen LogP contribution in [0.5, 0.6) is 0 Å². The summed E-state index contributed by atoms with van der Waals surface area (Å²) in [5.74, 6) is 1.62. The minimum Gasteiger partial charge on any atom is -0.337 e. The molecule has 1 fully saturated rings. The molecule has 1 unspecified atom stereocenters. The summed E-state index contributed by atoms with van der Waals surface area (Å²) in [7, 11) is 0. The summed E-state index contributed by atoms with van der Waals surface area (Å²) in [6.45, 7) is 3.64. The minimum atomic E-state index is -0.247. The highest BCUT2D eigenvalue weighted by Crippen LogP contribution is 2.16. The van der Waals surface area contributed by atoms with E-state index in [0.717, 1.165) is 24.6 Å². The molecule has 1 aliphatic heterocycles. The highest BCUT2D eigenvalue weighted by Gasteiger charge is 2.19.